The van der Waals surface area contributed by atoms with Crippen LogP contribution in [0.5, 0.6) is 11.5 Å². The summed E-state index contributed by atoms with van der Waals surface area (Å²) in [6, 6.07) is 11.7. The summed E-state index contributed by atoms with van der Waals surface area (Å²) in [6.45, 7) is 8.71. The first kappa shape index (κ1) is 24.5. The number of benzene rings is 2. The highest BCUT2D eigenvalue weighted by Crippen LogP contribution is 2.25. The zero-order valence-electron chi connectivity index (χ0n) is 18.8. The lowest BCUT2D eigenvalue weighted by atomic mass is 10.1. The number of nitrogens with one attached hydrogen (secondary N) is 1. The van der Waals surface area contributed by atoms with E-state index in [1.54, 1.807) is 31.2 Å². The number of aryl methyl sites for hydroxylation is 2. The van der Waals surface area contributed by atoms with Gasteiger partial charge in [-0.2, -0.15) is 0 Å². The Morgan fingerprint density at radius 1 is 1.00 bits per heavy atom. The van der Waals surface area contributed by atoms with Gasteiger partial charge in [0.25, 0.3) is 0 Å². The highest BCUT2D eigenvalue weighted by atomic mass is 32.2. The molecular formula is C23H32N2O5S. The molecule has 8 heteroatoms. The lowest BCUT2D eigenvalue weighted by molar-refractivity contribution is -0.122. The largest absolute Gasteiger partial charge is 0.494 e. The van der Waals surface area contributed by atoms with Crippen molar-refractivity contribution in [2.75, 3.05) is 30.3 Å². The lowest BCUT2D eigenvalue weighted by Crippen LogP contribution is -2.50. The number of anilines is 1. The van der Waals surface area contributed by atoms with Crippen LogP contribution in [0.1, 0.15) is 31.4 Å². The highest BCUT2D eigenvalue weighted by molar-refractivity contribution is 7.92. The third kappa shape index (κ3) is 7.17. The molecule has 1 atom stereocenters. The Balaban J connectivity index is 2.06. The first-order chi connectivity index (χ1) is 14.7. The topological polar surface area (TPSA) is 84.9 Å². The molecule has 0 radical (unpaired) electrons. The SMILES string of the molecule is CCOc1ccc(N(C(CC)C(=O)NCCOc2cc(C)cc(C)c2)S(C)(=O)=O)cc1. The van der Waals surface area contributed by atoms with Crippen molar-refractivity contribution in [3.8, 4) is 11.5 Å². The molecule has 0 aromatic heterocycles. The normalized spacial score (nSPS) is 12.2. The molecule has 1 unspecified atom stereocenters. The fourth-order valence-electron chi connectivity index (χ4n) is 3.39. The molecule has 1 N–H and O–H groups in total. The Labute approximate surface area is 185 Å². The van der Waals surface area contributed by atoms with Crippen LogP contribution in [0.25, 0.3) is 0 Å². The first-order valence-electron chi connectivity index (χ1n) is 10.4. The van der Waals surface area contributed by atoms with Crippen LogP contribution >= 0.6 is 0 Å². The molecule has 7 nitrogen and oxygen atoms in total. The minimum atomic E-state index is -3.68. The minimum Gasteiger partial charge on any atom is -0.494 e. The minimum absolute atomic E-state index is 0.267. The Morgan fingerprint density at radius 2 is 1.61 bits per heavy atom. The maximum Gasteiger partial charge on any atom is 0.244 e. The van der Waals surface area contributed by atoms with Gasteiger partial charge in [0, 0.05) is 0 Å². The van der Waals surface area contributed by atoms with Gasteiger partial charge in [-0.15, -0.1) is 0 Å². The average Bonchev–Trinajstić information content (AvgIpc) is 2.68. The van der Waals surface area contributed by atoms with Gasteiger partial charge in [-0.05, 0) is 74.7 Å². The van der Waals surface area contributed by atoms with Gasteiger partial charge >= 0.3 is 0 Å². The van der Waals surface area contributed by atoms with Gasteiger partial charge in [0.2, 0.25) is 15.9 Å². The summed E-state index contributed by atoms with van der Waals surface area (Å²) in [5.74, 6) is 1.01. The molecule has 2 aromatic carbocycles. The highest BCUT2D eigenvalue weighted by Gasteiger charge is 2.31. The molecule has 0 heterocycles. The van der Waals surface area contributed by atoms with E-state index in [2.05, 4.69) is 11.4 Å². The van der Waals surface area contributed by atoms with Gasteiger partial charge < -0.3 is 14.8 Å². The van der Waals surface area contributed by atoms with Gasteiger partial charge in [0.05, 0.1) is 25.1 Å². The third-order valence-electron chi connectivity index (χ3n) is 4.60. The molecule has 0 saturated carbocycles. The van der Waals surface area contributed by atoms with Gasteiger partial charge in [-0.3, -0.25) is 9.10 Å². The maximum absolute atomic E-state index is 12.8. The fraction of sp³-hybridized carbons (Fsp3) is 0.435. The number of sulfonamides is 1. The third-order valence-corrected chi connectivity index (χ3v) is 5.78. The van der Waals surface area contributed by atoms with Gasteiger partial charge in [0.1, 0.15) is 24.1 Å². The molecule has 0 aliphatic rings. The molecule has 0 aliphatic heterocycles. The number of amides is 1. The summed E-state index contributed by atoms with van der Waals surface area (Å²) < 4.78 is 37.3. The molecule has 0 spiro atoms. The van der Waals surface area contributed by atoms with Crippen LogP contribution in [0.3, 0.4) is 0 Å². The van der Waals surface area contributed by atoms with E-state index >= 15 is 0 Å². The second-order valence-corrected chi connectivity index (χ2v) is 9.23. The van der Waals surface area contributed by atoms with Gasteiger partial charge in [-0.1, -0.05) is 13.0 Å². The van der Waals surface area contributed by atoms with Crippen molar-refractivity contribution < 1.29 is 22.7 Å². The van der Waals surface area contributed by atoms with E-state index in [0.717, 1.165) is 27.4 Å². The van der Waals surface area contributed by atoms with E-state index in [1.165, 1.54) is 0 Å². The lowest BCUT2D eigenvalue weighted by Gasteiger charge is -2.30. The average molecular weight is 449 g/mol. The first-order valence-corrected chi connectivity index (χ1v) is 12.2. The van der Waals surface area contributed by atoms with Crippen molar-refractivity contribution in [2.45, 2.75) is 40.2 Å². The summed E-state index contributed by atoms with van der Waals surface area (Å²) in [6.07, 6.45) is 1.42. The summed E-state index contributed by atoms with van der Waals surface area (Å²) in [5.41, 5.74) is 2.62. The van der Waals surface area contributed by atoms with E-state index in [-0.39, 0.29) is 19.1 Å². The second kappa shape index (κ2) is 11.0. The van der Waals surface area contributed by atoms with E-state index in [1.807, 2.05) is 32.9 Å². The van der Waals surface area contributed by atoms with Crippen LogP contribution in [-0.4, -0.2) is 46.4 Å². The van der Waals surface area contributed by atoms with Crippen molar-refractivity contribution in [3.63, 3.8) is 0 Å². The van der Waals surface area contributed by atoms with E-state index in [4.69, 9.17) is 9.47 Å². The number of carbonyl (C=O) groups is 1. The molecule has 0 saturated heterocycles. The molecule has 31 heavy (non-hydrogen) atoms. The smallest absolute Gasteiger partial charge is 0.244 e. The predicted molar refractivity (Wildman–Crippen MR) is 123 cm³/mol. The van der Waals surface area contributed by atoms with Crippen LogP contribution in [0.15, 0.2) is 42.5 Å². The molecule has 2 rings (SSSR count). The second-order valence-electron chi connectivity index (χ2n) is 7.37. The number of rotatable bonds is 11. The van der Waals surface area contributed by atoms with Crippen LogP contribution in [-0.2, 0) is 14.8 Å². The number of ether oxygens (including phenoxy) is 2. The molecule has 0 bridgehead atoms. The Hall–Kier alpha value is -2.74. The zero-order valence-corrected chi connectivity index (χ0v) is 19.7. The Morgan fingerprint density at radius 3 is 2.13 bits per heavy atom. The molecule has 1 amide bonds. The van der Waals surface area contributed by atoms with E-state index in [0.29, 0.717) is 24.5 Å². The summed E-state index contributed by atoms with van der Waals surface area (Å²) >= 11 is 0. The van der Waals surface area contributed by atoms with E-state index < -0.39 is 16.1 Å². The number of carbonyl (C=O) groups excluding carboxylic acids is 1. The summed E-state index contributed by atoms with van der Waals surface area (Å²) in [5, 5.41) is 2.79. The van der Waals surface area contributed by atoms with Crippen LogP contribution in [0.2, 0.25) is 0 Å². The number of nitrogens with zero attached hydrogens (tertiary/aromatic N) is 1. The molecule has 0 aliphatic carbocycles. The van der Waals surface area contributed by atoms with Crippen LogP contribution < -0.4 is 19.1 Å². The van der Waals surface area contributed by atoms with Crippen molar-refractivity contribution >= 4 is 21.6 Å². The Bertz CT molecular complexity index is 954. The fourth-order valence-corrected chi connectivity index (χ4v) is 4.61. The summed E-state index contributed by atoms with van der Waals surface area (Å²) in [7, 11) is -3.68. The van der Waals surface area contributed by atoms with Crippen molar-refractivity contribution in [3.05, 3.63) is 53.6 Å². The maximum atomic E-state index is 12.8. The van der Waals surface area contributed by atoms with Crippen LogP contribution in [0.4, 0.5) is 5.69 Å². The van der Waals surface area contributed by atoms with Gasteiger partial charge in [0.15, 0.2) is 0 Å². The monoisotopic (exact) mass is 448 g/mol. The van der Waals surface area contributed by atoms with Crippen LogP contribution in [0, 0.1) is 13.8 Å². The standard InChI is InChI=1S/C23H32N2O5S/c1-6-22(23(26)24-12-13-30-21-15-17(3)14-18(4)16-21)25(31(5,27)28)19-8-10-20(11-9-19)29-7-2/h8-11,14-16,22H,6-7,12-13H2,1-5H3,(H,24,26). The molecule has 0 fully saturated rings. The Kier molecular flexibility index (Phi) is 8.74. The molecular weight excluding hydrogens is 416 g/mol. The number of hydrogen-bond donors (Lipinski definition) is 1. The number of hydrogen-bond acceptors (Lipinski definition) is 5. The van der Waals surface area contributed by atoms with Gasteiger partial charge in [-0.25, -0.2) is 8.42 Å². The van der Waals surface area contributed by atoms with Crippen molar-refractivity contribution in [2.24, 2.45) is 0 Å². The van der Waals surface area contributed by atoms with Crippen molar-refractivity contribution in [1.82, 2.24) is 5.32 Å². The zero-order chi connectivity index (χ0) is 23.0. The molecule has 2 aromatic rings. The predicted octanol–water partition coefficient (Wildman–Crippen LogP) is 3.44. The van der Waals surface area contributed by atoms with Crippen molar-refractivity contribution in [1.29, 1.82) is 0 Å². The van der Waals surface area contributed by atoms with E-state index in [9.17, 15) is 13.2 Å². The quantitative estimate of drug-likeness (QED) is 0.532. The molecule has 170 valence electrons. The summed E-state index contributed by atoms with van der Waals surface area (Å²) in [4.78, 5) is 12.8.